The Hall–Kier alpha value is -1.26. The van der Waals surface area contributed by atoms with Crippen molar-refractivity contribution in [2.24, 2.45) is 0 Å². The molecule has 0 aliphatic rings. The molecule has 0 radical (unpaired) electrons. The molecule has 1 aromatic carbocycles. The molecule has 0 saturated heterocycles. The molecule has 0 amide bonds. The summed E-state index contributed by atoms with van der Waals surface area (Å²) in [6.07, 6.45) is 2.02. The van der Waals surface area contributed by atoms with E-state index in [2.05, 4.69) is 12.2 Å². The largest absolute Gasteiger partial charge is 0.497 e. The molecule has 4 nitrogen and oxygen atoms in total. The number of rotatable bonds is 11. The Labute approximate surface area is 122 Å². The molecule has 0 spiro atoms. The van der Waals surface area contributed by atoms with Gasteiger partial charge in [-0.1, -0.05) is 6.92 Å². The number of benzene rings is 1. The van der Waals surface area contributed by atoms with Crippen LogP contribution in [0.25, 0.3) is 0 Å². The third kappa shape index (κ3) is 6.26. The SMILES string of the molecule is CCCNCc1cc(OC)ccc1OCCCOCC. The van der Waals surface area contributed by atoms with Gasteiger partial charge in [0.25, 0.3) is 0 Å². The molecule has 0 unspecified atom stereocenters. The topological polar surface area (TPSA) is 39.7 Å². The van der Waals surface area contributed by atoms with Crippen molar-refractivity contribution in [3.8, 4) is 11.5 Å². The molecule has 0 aromatic heterocycles. The van der Waals surface area contributed by atoms with Crippen molar-refractivity contribution >= 4 is 0 Å². The minimum Gasteiger partial charge on any atom is -0.497 e. The van der Waals surface area contributed by atoms with Crippen molar-refractivity contribution in [3.63, 3.8) is 0 Å². The molecule has 1 N–H and O–H groups in total. The van der Waals surface area contributed by atoms with Crippen LogP contribution in [0, 0.1) is 0 Å². The first-order chi connectivity index (χ1) is 9.81. The normalized spacial score (nSPS) is 10.6. The van der Waals surface area contributed by atoms with Crippen LogP contribution in [0.15, 0.2) is 18.2 Å². The van der Waals surface area contributed by atoms with E-state index in [1.54, 1.807) is 7.11 Å². The first kappa shape index (κ1) is 16.8. The average Bonchev–Trinajstić information content (AvgIpc) is 2.48. The lowest BCUT2D eigenvalue weighted by molar-refractivity contribution is 0.130. The lowest BCUT2D eigenvalue weighted by atomic mass is 10.2. The van der Waals surface area contributed by atoms with Gasteiger partial charge in [0.05, 0.1) is 13.7 Å². The minimum absolute atomic E-state index is 0.674. The van der Waals surface area contributed by atoms with E-state index in [0.29, 0.717) is 6.61 Å². The molecular formula is C16H27NO3. The highest BCUT2D eigenvalue weighted by atomic mass is 16.5. The third-order valence-electron chi connectivity index (χ3n) is 2.90. The van der Waals surface area contributed by atoms with Crippen molar-refractivity contribution in [2.75, 3.05) is 33.5 Å². The predicted octanol–water partition coefficient (Wildman–Crippen LogP) is 3.00. The van der Waals surface area contributed by atoms with Gasteiger partial charge in [0, 0.05) is 31.7 Å². The summed E-state index contributed by atoms with van der Waals surface area (Å²) >= 11 is 0. The maximum Gasteiger partial charge on any atom is 0.124 e. The Morgan fingerprint density at radius 2 is 2.00 bits per heavy atom. The van der Waals surface area contributed by atoms with E-state index in [4.69, 9.17) is 14.2 Å². The van der Waals surface area contributed by atoms with Gasteiger partial charge < -0.3 is 19.5 Å². The summed E-state index contributed by atoms with van der Waals surface area (Å²) in [5.74, 6) is 1.78. The standard InChI is InChI=1S/C16H27NO3/c1-4-9-17-13-14-12-15(18-3)7-8-16(14)20-11-6-10-19-5-2/h7-8,12,17H,4-6,9-11,13H2,1-3H3. The Bertz CT molecular complexity index is 369. The second-order valence-corrected chi connectivity index (χ2v) is 4.55. The second-order valence-electron chi connectivity index (χ2n) is 4.55. The lowest BCUT2D eigenvalue weighted by Crippen LogP contribution is -2.15. The molecule has 1 rings (SSSR count). The van der Waals surface area contributed by atoms with Crippen molar-refractivity contribution in [1.82, 2.24) is 5.32 Å². The highest BCUT2D eigenvalue weighted by Crippen LogP contribution is 2.24. The van der Waals surface area contributed by atoms with E-state index >= 15 is 0 Å². The van der Waals surface area contributed by atoms with Crippen LogP contribution >= 0.6 is 0 Å². The molecule has 1 aromatic rings. The molecule has 4 heteroatoms. The van der Waals surface area contributed by atoms with Crippen LogP contribution in [-0.4, -0.2) is 33.5 Å². The summed E-state index contributed by atoms with van der Waals surface area (Å²) in [5.41, 5.74) is 1.13. The summed E-state index contributed by atoms with van der Waals surface area (Å²) in [7, 11) is 1.68. The smallest absolute Gasteiger partial charge is 0.124 e. The molecule has 0 heterocycles. The number of methoxy groups -OCH3 is 1. The molecule has 0 bridgehead atoms. The molecular weight excluding hydrogens is 254 g/mol. The number of nitrogens with one attached hydrogen (secondary N) is 1. The summed E-state index contributed by atoms with van der Waals surface area (Å²) in [5, 5.41) is 3.39. The molecule has 0 aliphatic heterocycles. The van der Waals surface area contributed by atoms with E-state index in [1.165, 1.54) is 0 Å². The zero-order valence-electron chi connectivity index (χ0n) is 12.9. The van der Waals surface area contributed by atoms with Crippen LogP contribution in [0.5, 0.6) is 11.5 Å². The van der Waals surface area contributed by atoms with E-state index < -0.39 is 0 Å². The third-order valence-corrected chi connectivity index (χ3v) is 2.90. The van der Waals surface area contributed by atoms with Crippen LogP contribution in [0.1, 0.15) is 32.3 Å². The fraction of sp³-hybridized carbons (Fsp3) is 0.625. The van der Waals surface area contributed by atoms with Crippen molar-refractivity contribution in [3.05, 3.63) is 23.8 Å². The summed E-state index contributed by atoms with van der Waals surface area (Å²) in [6.45, 7) is 8.14. The summed E-state index contributed by atoms with van der Waals surface area (Å²) < 4.78 is 16.4. The van der Waals surface area contributed by atoms with Crippen LogP contribution in [0.4, 0.5) is 0 Å². The van der Waals surface area contributed by atoms with Crippen LogP contribution in [-0.2, 0) is 11.3 Å². The summed E-state index contributed by atoms with van der Waals surface area (Å²) in [6, 6.07) is 5.93. The van der Waals surface area contributed by atoms with Crippen LogP contribution < -0.4 is 14.8 Å². The lowest BCUT2D eigenvalue weighted by Gasteiger charge is -2.13. The van der Waals surface area contributed by atoms with E-state index in [-0.39, 0.29) is 0 Å². The fourth-order valence-corrected chi connectivity index (χ4v) is 1.85. The van der Waals surface area contributed by atoms with Crippen molar-refractivity contribution < 1.29 is 14.2 Å². The van der Waals surface area contributed by atoms with E-state index in [0.717, 1.165) is 56.2 Å². The van der Waals surface area contributed by atoms with E-state index in [1.807, 2.05) is 25.1 Å². The van der Waals surface area contributed by atoms with Gasteiger partial charge in [-0.15, -0.1) is 0 Å². The number of ether oxygens (including phenoxy) is 3. The Kier molecular flexibility index (Phi) is 8.83. The minimum atomic E-state index is 0.674. The summed E-state index contributed by atoms with van der Waals surface area (Å²) in [4.78, 5) is 0. The number of hydrogen-bond acceptors (Lipinski definition) is 4. The number of hydrogen-bond donors (Lipinski definition) is 1. The van der Waals surface area contributed by atoms with Gasteiger partial charge in [0.15, 0.2) is 0 Å². The zero-order chi connectivity index (χ0) is 14.6. The van der Waals surface area contributed by atoms with Crippen molar-refractivity contribution in [1.29, 1.82) is 0 Å². The maximum atomic E-state index is 5.84. The molecule has 0 atom stereocenters. The molecule has 114 valence electrons. The van der Waals surface area contributed by atoms with Crippen LogP contribution in [0.2, 0.25) is 0 Å². The first-order valence-electron chi connectivity index (χ1n) is 7.40. The van der Waals surface area contributed by atoms with Gasteiger partial charge in [-0.3, -0.25) is 0 Å². The Morgan fingerprint density at radius 3 is 2.70 bits per heavy atom. The van der Waals surface area contributed by atoms with Gasteiger partial charge >= 0.3 is 0 Å². The van der Waals surface area contributed by atoms with Gasteiger partial charge in [-0.25, -0.2) is 0 Å². The quantitative estimate of drug-likeness (QED) is 0.633. The van der Waals surface area contributed by atoms with Gasteiger partial charge in [-0.2, -0.15) is 0 Å². The van der Waals surface area contributed by atoms with Gasteiger partial charge in [-0.05, 0) is 38.1 Å². The Morgan fingerprint density at radius 1 is 1.15 bits per heavy atom. The van der Waals surface area contributed by atoms with Gasteiger partial charge in [0.1, 0.15) is 11.5 Å². The molecule has 0 fully saturated rings. The highest BCUT2D eigenvalue weighted by molar-refractivity contribution is 5.40. The molecule has 0 aliphatic carbocycles. The molecule has 0 saturated carbocycles. The first-order valence-corrected chi connectivity index (χ1v) is 7.40. The fourth-order valence-electron chi connectivity index (χ4n) is 1.85. The van der Waals surface area contributed by atoms with E-state index in [9.17, 15) is 0 Å². The van der Waals surface area contributed by atoms with Crippen LogP contribution in [0.3, 0.4) is 0 Å². The Balaban J connectivity index is 2.53. The van der Waals surface area contributed by atoms with Gasteiger partial charge in [0.2, 0.25) is 0 Å². The zero-order valence-corrected chi connectivity index (χ0v) is 12.9. The highest BCUT2D eigenvalue weighted by Gasteiger charge is 2.05. The predicted molar refractivity (Wildman–Crippen MR) is 81.6 cm³/mol. The maximum absolute atomic E-state index is 5.84. The average molecular weight is 281 g/mol. The monoisotopic (exact) mass is 281 g/mol. The second kappa shape index (κ2) is 10.5. The molecule has 20 heavy (non-hydrogen) atoms. The van der Waals surface area contributed by atoms with Crippen molar-refractivity contribution in [2.45, 2.75) is 33.2 Å².